The van der Waals surface area contributed by atoms with Crippen LogP contribution in [0.4, 0.5) is 5.69 Å². The van der Waals surface area contributed by atoms with Crippen LogP contribution in [0.25, 0.3) is 11.1 Å². The van der Waals surface area contributed by atoms with E-state index in [0.717, 1.165) is 146 Å². The molecule has 0 radical (unpaired) electrons. The van der Waals surface area contributed by atoms with E-state index in [1.165, 1.54) is 51.0 Å². The van der Waals surface area contributed by atoms with Gasteiger partial charge in [0.05, 0.1) is 0 Å². The first kappa shape index (κ1) is 48.8. The number of pyridine rings is 1. The summed E-state index contributed by atoms with van der Waals surface area (Å²) < 4.78 is 5.76. The van der Waals surface area contributed by atoms with Gasteiger partial charge >= 0.3 is 0 Å². The van der Waals surface area contributed by atoms with Gasteiger partial charge in [-0.15, -0.1) is 0 Å². The van der Waals surface area contributed by atoms with Gasteiger partial charge in [0.15, 0.2) is 0 Å². The molecule has 5 unspecified atom stereocenters. The zero-order chi connectivity index (χ0) is 47.9. The molecule has 2 aliphatic heterocycles. The van der Waals surface area contributed by atoms with Crippen molar-refractivity contribution in [2.45, 2.75) is 150 Å². The summed E-state index contributed by atoms with van der Waals surface area (Å²) in [5, 5.41) is 3.12. The van der Waals surface area contributed by atoms with Crippen molar-refractivity contribution in [1.82, 2.24) is 25.0 Å². The van der Waals surface area contributed by atoms with Crippen molar-refractivity contribution in [1.29, 1.82) is 0 Å². The maximum atomic E-state index is 14.1. The Hall–Kier alpha value is -3.50. The largest absolute Gasteiger partial charge is 0.381 e. The van der Waals surface area contributed by atoms with Crippen molar-refractivity contribution < 1.29 is 9.53 Å². The van der Waals surface area contributed by atoms with Crippen LogP contribution in [0.3, 0.4) is 0 Å². The Morgan fingerprint density at radius 1 is 0.771 bits per heavy atom. The van der Waals surface area contributed by atoms with Gasteiger partial charge in [0.25, 0.3) is 11.5 Å². The molecule has 9 heteroatoms. The van der Waals surface area contributed by atoms with Crippen LogP contribution >= 0.6 is 0 Å². The van der Waals surface area contributed by atoms with E-state index in [1.54, 1.807) is 70.6 Å². The Balaban J connectivity index is 0.721. The Kier molecular flexibility index (Phi) is 14.7. The first-order valence-corrected chi connectivity index (χ1v) is 28.8. The van der Waals surface area contributed by atoms with Gasteiger partial charge < -0.3 is 24.8 Å². The number of carbonyl (C=O) groups excluding carboxylic acids is 1. The lowest BCUT2D eigenvalue weighted by Gasteiger charge is -2.57. The number of carbonyl (C=O) groups is 1. The molecule has 7 aliphatic carbocycles. The van der Waals surface area contributed by atoms with E-state index in [1.807, 2.05) is 19.9 Å². The van der Waals surface area contributed by atoms with Crippen molar-refractivity contribution >= 4 is 11.6 Å². The van der Waals surface area contributed by atoms with Crippen LogP contribution in [-0.2, 0) is 17.8 Å². The number of piperazine rings is 1. The summed E-state index contributed by atoms with van der Waals surface area (Å²) in [6, 6.07) is 15.8. The lowest BCUT2D eigenvalue weighted by molar-refractivity contribution is -0.0619. The zero-order valence-electron chi connectivity index (χ0n) is 43.8. The highest BCUT2D eigenvalue weighted by Crippen LogP contribution is 2.61. The number of nitrogens with one attached hydrogen (secondary N) is 2. The summed E-state index contributed by atoms with van der Waals surface area (Å²) in [7, 11) is 0. The molecule has 1 amide bonds. The third kappa shape index (κ3) is 10.8. The van der Waals surface area contributed by atoms with E-state index in [0.29, 0.717) is 22.6 Å². The second-order valence-corrected chi connectivity index (χ2v) is 25.0. The number of aromatic amines is 1. The SMILES string of the molecule is CCN(c1cc(-c2ccc(CN3CCN(CCN(CCC4CC5CC6CCC4C(C6)C5)CCC45CC6CC(CC(C6)C4)C5)CC3)cc2)cc(C(=O)NCc2c(C)cc(C)[nH]c2=O)c1C)C1CCOCC1. The van der Waals surface area contributed by atoms with Crippen molar-refractivity contribution in [3.63, 3.8) is 0 Å². The Morgan fingerprint density at radius 3 is 2.19 bits per heavy atom. The number of hydrogen-bond acceptors (Lipinski definition) is 7. The molecule has 9 aliphatic rings. The Morgan fingerprint density at radius 2 is 1.47 bits per heavy atom. The fraction of sp³-hybridized carbons (Fsp3) is 0.705. The lowest BCUT2D eigenvalue weighted by atomic mass is 9.49. The molecule has 3 aromatic rings. The molecule has 0 spiro atoms. The summed E-state index contributed by atoms with van der Waals surface area (Å²) in [5.74, 6) is 8.21. The molecule has 7 saturated carbocycles. The predicted molar refractivity (Wildman–Crippen MR) is 284 cm³/mol. The fourth-order valence-corrected chi connectivity index (χ4v) is 17.2. The van der Waals surface area contributed by atoms with Crippen LogP contribution in [0.5, 0.6) is 0 Å². The van der Waals surface area contributed by atoms with E-state index < -0.39 is 0 Å². The molecule has 7 bridgehead atoms. The van der Waals surface area contributed by atoms with E-state index in [9.17, 15) is 9.59 Å². The van der Waals surface area contributed by atoms with Crippen molar-refractivity contribution in [3.05, 3.63) is 86.3 Å². The number of fused-ring (bicyclic) bond motifs is 2. The highest BCUT2D eigenvalue weighted by Gasteiger charge is 2.51. The smallest absolute Gasteiger partial charge is 0.253 e. The number of anilines is 1. The highest BCUT2D eigenvalue weighted by atomic mass is 16.5. The third-order valence-corrected chi connectivity index (χ3v) is 20.4. The number of hydrogen-bond donors (Lipinski definition) is 2. The van der Waals surface area contributed by atoms with E-state index in [4.69, 9.17) is 4.74 Å². The number of H-pyrrole nitrogens is 1. The van der Waals surface area contributed by atoms with Crippen LogP contribution in [0, 0.1) is 73.5 Å². The maximum absolute atomic E-state index is 14.1. The molecule has 5 atom stereocenters. The second-order valence-electron chi connectivity index (χ2n) is 25.0. The van der Waals surface area contributed by atoms with Gasteiger partial charge in [0, 0.05) is 101 Å². The van der Waals surface area contributed by atoms with Crippen LogP contribution in [-0.4, -0.2) is 104 Å². The third-order valence-electron chi connectivity index (χ3n) is 20.4. The molecule has 1 aromatic heterocycles. The average molecular weight is 953 g/mol. The number of nitrogens with zero attached hydrogens (tertiary/aromatic N) is 4. The molecule has 380 valence electrons. The molecule has 2 aromatic carbocycles. The lowest BCUT2D eigenvalue weighted by Crippen LogP contribution is -2.49. The molecule has 9 fully saturated rings. The Labute approximate surface area is 421 Å². The molecular weight excluding hydrogens is 865 g/mol. The van der Waals surface area contributed by atoms with Crippen LogP contribution in [0.15, 0.2) is 47.3 Å². The first-order chi connectivity index (χ1) is 34.0. The summed E-state index contributed by atoms with van der Waals surface area (Å²) in [4.78, 5) is 40.8. The van der Waals surface area contributed by atoms with Crippen LogP contribution < -0.4 is 15.8 Å². The molecule has 3 heterocycles. The number of benzene rings is 2. The van der Waals surface area contributed by atoms with Crippen molar-refractivity contribution in [3.8, 4) is 11.1 Å². The normalized spacial score (nSPS) is 30.9. The van der Waals surface area contributed by atoms with Crippen LogP contribution in [0.1, 0.15) is 148 Å². The number of aryl methyl sites for hydroxylation is 2. The predicted octanol–water partition coefficient (Wildman–Crippen LogP) is 10.8. The maximum Gasteiger partial charge on any atom is 0.253 e. The van der Waals surface area contributed by atoms with Gasteiger partial charge in [0.2, 0.25) is 0 Å². The summed E-state index contributed by atoms with van der Waals surface area (Å²) in [5.41, 5.74) is 9.07. The molecular formula is C61H88N6O3. The molecule has 2 saturated heterocycles. The second kappa shape index (κ2) is 21.2. The molecule has 9 nitrogen and oxygen atoms in total. The molecule has 2 N–H and O–H groups in total. The van der Waals surface area contributed by atoms with Crippen LogP contribution in [0.2, 0.25) is 0 Å². The van der Waals surface area contributed by atoms with E-state index in [2.05, 4.69) is 80.1 Å². The minimum Gasteiger partial charge on any atom is -0.381 e. The Bertz CT molecular complexity index is 2300. The molecule has 12 rings (SSSR count). The standard InChI is InChI=1S/C61H88N6O3/c1-5-67(54-13-24-70-25-14-54)58-35-52(34-56(43(58)4)59(68)62-39-57-41(2)26-42(3)63-60(57)69)50-9-6-44(7-10-50)40-66-22-20-65(21-23-66)19-18-64(17-15-61-36-47-28-48(37-61)30-49(29-47)38-61)16-12-51-32-46-27-45-8-11-55(51)53(31-45)33-46/h6-7,9-10,26,34-35,45-49,51,53-55H,5,8,11-25,27-33,36-40H2,1-4H3,(H,62,68)(H,63,69). The first-order valence-electron chi connectivity index (χ1n) is 28.8. The fourth-order valence-electron chi connectivity index (χ4n) is 17.2. The highest BCUT2D eigenvalue weighted by molar-refractivity contribution is 5.99. The summed E-state index contributed by atoms with van der Waals surface area (Å²) >= 11 is 0. The minimum atomic E-state index is -0.156. The van der Waals surface area contributed by atoms with Gasteiger partial charge in [-0.3, -0.25) is 19.4 Å². The zero-order valence-corrected chi connectivity index (χ0v) is 43.8. The van der Waals surface area contributed by atoms with Crippen molar-refractivity contribution in [2.75, 3.05) is 77.0 Å². The topological polar surface area (TPSA) is 84.2 Å². The summed E-state index contributed by atoms with van der Waals surface area (Å²) in [6.45, 7) is 21.3. The minimum absolute atomic E-state index is 0.144. The van der Waals surface area contributed by atoms with Gasteiger partial charge in [-0.2, -0.15) is 0 Å². The van der Waals surface area contributed by atoms with E-state index in [-0.39, 0.29) is 18.0 Å². The van der Waals surface area contributed by atoms with Gasteiger partial charge in [0.1, 0.15) is 0 Å². The summed E-state index contributed by atoms with van der Waals surface area (Å²) in [6.07, 6.45) is 23.5. The number of rotatable bonds is 18. The van der Waals surface area contributed by atoms with Gasteiger partial charge in [-0.05, 0) is 236 Å². The van der Waals surface area contributed by atoms with Gasteiger partial charge in [-0.1, -0.05) is 30.7 Å². The average Bonchev–Trinajstić information content (AvgIpc) is 3.34. The number of ether oxygens (including phenoxy) is 1. The number of amides is 1. The van der Waals surface area contributed by atoms with Gasteiger partial charge in [-0.25, -0.2) is 0 Å². The van der Waals surface area contributed by atoms with E-state index >= 15 is 0 Å². The quantitative estimate of drug-likeness (QED) is 0.131. The number of aromatic nitrogens is 1. The molecule has 70 heavy (non-hydrogen) atoms. The van der Waals surface area contributed by atoms with Crippen molar-refractivity contribution in [2.24, 2.45) is 52.8 Å². The monoisotopic (exact) mass is 953 g/mol.